The summed E-state index contributed by atoms with van der Waals surface area (Å²) in [6.07, 6.45) is 4.38. The molecule has 6 rings (SSSR count). The smallest absolute Gasteiger partial charge is 0.299 e. The molecule has 2 bridgehead atoms. The number of hydrogen-bond donors (Lipinski definition) is 0. The largest absolute Gasteiger partial charge is 0.352 e. The molecule has 1 aromatic heterocycles. The minimum atomic E-state index is -0.367. The highest BCUT2D eigenvalue weighted by Crippen LogP contribution is 2.51. The van der Waals surface area contributed by atoms with E-state index in [1.807, 2.05) is 18.2 Å². The van der Waals surface area contributed by atoms with Crippen molar-refractivity contribution in [1.29, 1.82) is 0 Å². The van der Waals surface area contributed by atoms with Crippen LogP contribution in [-0.2, 0) is 4.79 Å². The molecule has 1 aromatic carbocycles. The van der Waals surface area contributed by atoms with Crippen molar-refractivity contribution in [3.05, 3.63) is 63.5 Å². The number of rotatable bonds is 1. The first-order valence-electron chi connectivity index (χ1n) is 7.41. The maximum absolute atomic E-state index is 12.8. The fourth-order valence-electron chi connectivity index (χ4n) is 4.15. The lowest BCUT2D eigenvalue weighted by molar-refractivity contribution is -0.141. The second kappa shape index (κ2) is 3.76. The van der Waals surface area contributed by atoms with Crippen molar-refractivity contribution in [2.45, 2.75) is 18.5 Å². The maximum Gasteiger partial charge on any atom is 0.352 e. The fraction of sp³-hybridized carbons (Fsp3) is 0.312. The van der Waals surface area contributed by atoms with Crippen LogP contribution in [0.15, 0.2) is 52.1 Å². The molecule has 110 valence electrons. The zero-order chi connectivity index (χ0) is 15.0. The minimum Gasteiger partial charge on any atom is -0.299 e. The number of ketones is 1. The molecule has 0 spiro atoms. The molecule has 6 nitrogen and oxygen atoms in total. The van der Waals surface area contributed by atoms with Crippen molar-refractivity contribution in [2.75, 3.05) is 0 Å². The molecule has 0 radical (unpaired) electrons. The molecule has 22 heavy (non-hydrogen) atoms. The molecular weight excluding hydrogens is 282 g/mol. The van der Waals surface area contributed by atoms with Crippen LogP contribution in [0.3, 0.4) is 0 Å². The molecule has 4 atom stereocenters. The van der Waals surface area contributed by atoms with Crippen molar-refractivity contribution in [3.63, 3.8) is 0 Å². The Balaban J connectivity index is 1.81. The van der Waals surface area contributed by atoms with Gasteiger partial charge in [-0.15, -0.1) is 0 Å². The summed E-state index contributed by atoms with van der Waals surface area (Å²) < 4.78 is 4.20. The van der Waals surface area contributed by atoms with E-state index in [-0.39, 0.29) is 41.1 Å². The number of nitrogens with zero attached hydrogens (tertiary/aromatic N) is 3. The molecule has 0 unspecified atom stereocenters. The third-order valence-electron chi connectivity index (χ3n) is 5.17. The van der Waals surface area contributed by atoms with Crippen LogP contribution in [0.5, 0.6) is 0 Å². The van der Waals surface area contributed by atoms with E-state index in [2.05, 4.69) is 0 Å². The Morgan fingerprint density at radius 2 is 1.50 bits per heavy atom. The van der Waals surface area contributed by atoms with Gasteiger partial charge in [0.05, 0.1) is 17.8 Å². The molecule has 3 heterocycles. The summed E-state index contributed by atoms with van der Waals surface area (Å²) in [6, 6.07) is 8.41. The minimum absolute atomic E-state index is 0.140. The first-order valence-corrected chi connectivity index (χ1v) is 7.41. The van der Waals surface area contributed by atoms with Gasteiger partial charge in [0.25, 0.3) is 0 Å². The van der Waals surface area contributed by atoms with E-state index < -0.39 is 0 Å². The van der Waals surface area contributed by atoms with Gasteiger partial charge in [0.2, 0.25) is 0 Å². The summed E-state index contributed by atoms with van der Waals surface area (Å²) in [7, 11) is 0. The van der Waals surface area contributed by atoms with Gasteiger partial charge in [0.1, 0.15) is 5.78 Å². The van der Waals surface area contributed by atoms with Crippen molar-refractivity contribution in [2.24, 2.45) is 11.8 Å². The molecule has 2 aliphatic heterocycles. The van der Waals surface area contributed by atoms with Gasteiger partial charge < -0.3 is 0 Å². The summed E-state index contributed by atoms with van der Waals surface area (Å²) in [5.41, 5.74) is -0.132. The molecule has 2 aromatic rings. The highest BCUT2D eigenvalue weighted by molar-refractivity contribution is 5.89. The van der Waals surface area contributed by atoms with E-state index in [0.29, 0.717) is 12.1 Å². The second-order valence-electron chi connectivity index (χ2n) is 6.15. The van der Waals surface area contributed by atoms with E-state index in [0.717, 1.165) is 0 Å². The Bertz CT molecular complexity index is 947. The first kappa shape index (κ1) is 12.0. The third-order valence-corrected chi connectivity index (χ3v) is 5.17. The van der Waals surface area contributed by atoms with Gasteiger partial charge in [-0.05, 0) is 12.1 Å². The van der Waals surface area contributed by atoms with Crippen molar-refractivity contribution >= 4 is 5.78 Å². The lowest BCUT2D eigenvalue weighted by atomic mass is 9.61. The van der Waals surface area contributed by atoms with Crippen LogP contribution >= 0.6 is 0 Å². The Labute approximate surface area is 124 Å². The van der Waals surface area contributed by atoms with Crippen LogP contribution in [-0.4, -0.2) is 19.7 Å². The van der Waals surface area contributed by atoms with Crippen LogP contribution in [0, 0.1) is 11.8 Å². The maximum atomic E-state index is 12.8. The summed E-state index contributed by atoms with van der Waals surface area (Å²) >= 11 is 0. The van der Waals surface area contributed by atoms with Gasteiger partial charge in [0, 0.05) is 18.3 Å². The zero-order valence-electron chi connectivity index (χ0n) is 11.6. The lowest BCUT2D eigenvalue weighted by Crippen LogP contribution is -2.57. The molecule has 1 fully saturated rings. The Kier molecular flexibility index (Phi) is 2.05. The Morgan fingerprint density at radius 1 is 0.864 bits per heavy atom. The van der Waals surface area contributed by atoms with Crippen molar-refractivity contribution in [3.8, 4) is 5.69 Å². The van der Waals surface area contributed by atoms with E-state index in [1.54, 1.807) is 24.3 Å². The second-order valence-corrected chi connectivity index (χ2v) is 6.15. The summed E-state index contributed by atoms with van der Waals surface area (Å²) in [4.78, 5) is 37.4. The molecular formula is C16H13N3O3. The van der Waals surface area contributed by atoms with Gasteiger partial charge in [-0.25, -0.2) is 23.5 Å². The lowest BCUT2D eigenvalue weighted by Gasteiger charge is -2.50. The summed E-state index contributed by atoms with van der Waals surface area (Å²) in [5, 5.41) is 0. The normalized spacial score (nSPS) is 30.8. The van der Waals surface area contributed by atoms with Crippen LogP contribution < -0.4 is 11.4 Å². The molecule has 0 saturated heterocycles. The zero-order valence-corrected chi connectivity index (χ0v) is 11.6. The van der Waals surface area contributed by atoms with Crippen LogP contribution in [0.4, 0.5) is 0 Å². The number of carbonyl (C=O) groups excluding carboxylic acids is 1. The predicted octanol–water partition coefficient (Wildman–Crippen LogP) is 0.671. The van der Waals surface area contributed by atoms with E-state index in [4.69, 9.17) is 0 Å². The topological polar surface area (TPSA) is 66.0 Å². The number of allylic oxidation sites excluding steroid dienone is 2. The van der Waals surface area contributed by atoms with Crippen LogP contribution in [0.1, 0.15) is 18.5 Å². The van der Waals surface area contributed by atoms with E-state index >= 15 is 0 Å². The molecule has 2 aliphatic carbocycles. The molecule has 4 aliphatic rings. The highest BCUT2D eigenvalue weighted by atomic mass is 16.2. The number of hydrogen-bond acceptors (Lipinski definition) is 3. The quantitative estimate of drug-likeness (QED) is 0.726. The standard InChI is InChI=1S/C16H13N3O3/c20-13-8-10-11-6-7-12(14(10)13)19-16(22)17(15(21)18(11)19)9-4-2-1-3-5-9/h1-7,10-12,14H,8H2/t10-,11+,12+,14+/m1/s1. The average Bonchev–Trinajstić information content (AvgIpc) is 2.80. The van der Waals surface area contributed by atoms with Gasteiger partial charge in [0.15, 0.2) is 0 Å². The predicted molar refractivity (Wildman–Crippen MR) is 78.1 cm³/mol. The third kappa shape index (κ3) is 1.20. The number of Topliss-reactive ketones (excluding diaryl/α,β-unsaturated/α-hetero) is 1. The van der Waals surface area contributed by atoms with E-state index in [9.17, 15) is 14.4 Å². The number of aromatic nitrogens is 3. The number of carbonyl (C=O) groups is 1. The highest BCUT2D eigenvalue weighted by Gasteiger charge is 2.56. The summed E-state index contributed by atoms with van der Waals surface area (Å²) in [6.45, 7) is 0. The first-order chi connectivity index (χ1) is 10.7. The fourth-order valence-corrected chi connectivity index (χ4v) is 4.15. The Hall–Kier alpha value is -2.63. The van der Waals surface area contributed by atoms with Crippen LogP contribution in [0.25, 0.3) is 5.69 Å². The molecule has 1 saturated carbocycles. The van der Waals surface area contributed by atoms with Gasteiger partial charge in [-0.2, -0.15) is 0 Å². The SMILES string of the molecule is O=C1C[C@H]2[C@H]1[C@@H]1C=C[C@@H]2n2c(=O)n(-c3ccccc3)c(=O)n21. The van der Waals surface area contributed by atoms with Crippen molar-refractivity contribution < 1.29 is 4.79 Å². The van der Waals surface area contributed by atoms with E-state index in [1.165, 1.54) is 13.9 Å². The Morgan fingerprint density at radius 3 is 2.18 bits per heavy atom. The van der Waals surface area contributed by atoms with Crippen molar-refractivity contribution in [1.82, 2.24) is 13.9 Å². The van der Waals surface area contributed by atoms with Gasteiger partial charge in [-0.1, -0.05) is 30.4 Å². The van der Waals surface area contributed by atoms with Crippen LogP contribution in [0.2, 0.25) is 0 Å². The molecule has 6 heteroatoms. The summed E-state index contributed by atoms with van der Waals surface area (Å²) in [5.74, 6) is 0.215. The average molecular weight is 295 g/mol. The molecule has 0 N–H and O–H groups in total. The molecule has 0 amide bonds. The van der Waals surface area contributed by atoms with Gasteiger partial charge in [-0.3, -0.25) is 4.79 Å². The number of benzene rings is 1. The number of para-hydroxylation sites is 1. The van der Waals surface area contributed by atoms with Gasteiger partial charge >= 0.3 is 11.4 Å². The monoisotopic (exact) mass is 295 g/mol.